The minimum atomic E-state index is 0.0514. The van der Waals surface area contributed by atoms with Gasteiger partial charge in [-0.25, -0.2) is 0 Å². The Morgan fingerprint density at radius 3 is 2.36 bits per heavy atom. The number of benzene rings is 1. The number of likely N-dealkylation sites (tertiary alicyclic amines) is 1. The molecule has 2 atom stereocenters. The molecule has 2 rings (SSSR count). The second-order valence-corrected chi connectivity index (χ2v) is 8.02. The Balaban J connectivity index is 2.16. The van der Waals surface area contributed by atoms with E-state index in [1.165, 1.54) is 5.56 Å². The number of nitrogens with zero attached hydrogens (tertiary/aromatic N) is 1. The molecule has 124 valence electrons. The van der Waals surface area contributed by atoms with E-state index in [2.05, 4.69) is 63.8 Å². The fraction of sp³-hybridized carbons (Fsp3) is 0.684. The van der Waals surface area contributed by atoms with Crippen molar-refractivity contribution < 1.29 is 9.47 Å². The first-order valence-electron chi connectivity index (χ1n) is 8.19. The van der Waals surface area contributed by atoms with Gasteiger partial charge in [-0.05, 0) is 32.8 Å². The van der Waals surface area contributed by atoms with Crippen LogP contribution in [0, 0.1) is 5.41 Å². The van der Waals surface area contributed by atoms with E-state index in [4.69, 9.17) is 9.47 Å². The monoisotopic (exact) mass is 305 g/mol. The van der Waals surface area contributed by atoms with Crippen LogP contribution in [0.2, 0.25) is 0 Å². The van der Waals surface area contributed by atoms with Crippen molar-refractivity contribution in [2.75, 3.05) is 13.7 Å². The fourth-order valence-corrected chi connectivity index (χ4v) is 3.34. The third-order valence-electron chi connectivity index (χ3n) is 4.55. The fourth-order valence-electron chi connectivity index (χ4n) is 3.34. The van der Waals surface area contributed by atoms with Gasteiger partial charge in [0.05, 0.1) is 12.7 Å². The van der Waals surface area contributed by atoms with Crippen molar-refractivity contribution in [3.05, 3.63) is 35.9 Å². The smallest absolute Gasteiger partial charge is 0.116 e. The first kappa shape index (κ1) is 17.5. The van der Waals surface area contributed by atoms with Gasteiger partial charge in [0.25, 0.3) is 0 Å². The zero-order valence-electron chi connectivity index (χ0n) is 14.9. The van der Waals surface area contributed by atoms with Crippen molar-refractivity contribution in [3.8, 4) is 0 Å². The summed E-state index contributed by atoms with van der Waals surface area (Å²) in [4.78, 5) is 2.45. The Bertz CT molecular complexity index is 464. The van der Waals surface area contributed by atoms with Crippen molar-refractivity contribution in [1.82, 2.24) is 4.90 Å². The summed E-state index contributed by atoms with van der Waals surface area (Å²) in [6.45, 7) is 12.9. The molecule has 1 aromatic rings. The predicted octanol–water partition coefficient (Wildman–Crippen LogP) is 4.07. The van der Waals surface area contributed by atoms with Crippen molar-refractivity contribution in [1.29, 1.82) is 0 Å². The molecule has 0 amide bonds. The van der Waals surface area contributed by atoms with Crippen LogP contribution in [0.3, 0.4) is 0 Å². The summed E-state index contributed by atoms with van der Waals surface area (Å²) in [5, 5.41) is 0. The zero-order valence-corrected chi connectivity index (χ0v) is 14.9. The molecule has 1 aliphatic rings. The highest BCUT2D eigenvalue weighted by Crippen LogP contribution is 2.40. The average Bonchev–Trinajstić information content (AvgIpc) is 2.44. The molecule has 1 heterocycles. The molecule has 3 nitrogen and oxygen atoms in total. The Morgan fingerprint density at radius 2 is 1.82 bits per heavy atom. The maximum atomic E-state index is 6.39. The molecule has 0 unspecified atom stereocenters. The van der Waals surface area contributed by atoms with Gasteiger partial charge in [-0.2, -0.15) is 0 Å². The van der Waals surface area contributed by atoms with Crippen LogP contribution >= 0.6 is 0 Å². The molecule has 0 bridgehead atoms. The average molecular weight is 305 g/mol. The summed E-state index contributed by atoms with van der Waals surface area (Å²) in [5.41, 5.74) is 1.33. The van der Waals surface area contributed by atoms with Crippen LogP contribution in [-0.4, -0.2) is 36.4 Å². The van der Waals surface area contributed by atoms with E-state index < -0.39 is 0 Å². The van der Waals surface area contributed by atoms with E-state index in [1.807, 2.05) is 13.2 Å². The third kappa shape index (κ3) is 4.09. The molecular weight excluding hydrogens is 274 g/mol. The summed E-state index contributed by atoms with van der Waals surface area (Å²) in [6.07, 6.45) is 1.39. The molecule has 0 spiro atoms. The van der Waals surface area contributed by atoms with Crippen molar-refractivity contribution >= 4 is 0 Å². The Morgan fingerprint density at radius 1 is 1.18 bits per heavy atom. The largest absolute Gasteiger partial charge is 0.380 e. The highest BCUT2D eigenvalue weighted by Gasteiger charge is 2.46. The van der Waals surface area contributed by atoms with Crippen LogP contribution in [0.4, 0.5) is 0 Å². The van der Waals surface area contributed by atoms with Gasteiger partial charge in [0.2, 0.25) is 0 Å². The second-order valence-electron chi connectivity index (χ2n) is 8.02. The second kappa shape index (κ2) is 6.69. The molecule has 0 radical (unpaired) electrons. The van der Waals surface area contributed by atoms with E-state index in [0.29, 0.717) is 6.61 Å². The number of hydrogen-bond donors (Lipinski definition) is 0. The Kier molecular flexibility index (Phi) is 5.31. The lowest BCUT2D eigenvalue weighted by atomic mass is 9.78. The number of methoxy groups -OCH3 is 1. The van der Waals surface area contributed by atoms with E-state index in [1.54, 1.807) is 0 Å². The SMILES string of the molecule is CO[C@@H]1CN(C(C)(C)C)[C@@H](OCc2ccccc2)C(C)(C)C1. The van der Waals surface area contributed by atoms with Crippen LogP contribution in [0.15, 0.2) is 30.3 Å². The summed E-state index contributed by atoms with van der Waals surface area (Å²) in [5.74, 6) is 0. The normalized spacial score (nSPS) is 26.1. The van der Waals surface area contributed by atoms with Gasteiger partial charge in [0, 0.05) is 24.6 Å². The predicted molar refractivity (Wildman–Crippen MR) is 90.7 cm³/mol. The minimum Gasteiger partial charge on any atom is -0.380 e. The highest BCUT2D eigenvalue weighted by atomic mass is 16.5. The van der Waals surface area contributed by atoms with Gasteiger partial charge in [0.1, 0.15) is 6.23 Å². The van der Waals surface area contributed by atoms with E-state index in [-0.39, 0.29) is 23.3 Å². The molecule has 3 heteroatoms. The lowest BCUT2D eigenvalue weighted by Crippen LogP contribution is -2.62. The molecule has 0 N–H and O–H groups in total. The Hall–Kier alpha value is -0.900. The van der Waals surface area contributed by atoms with Gasteiger partial charge in [-0.3, -0.25) is 4.90 Å². The molecule has 1 fully saturated rings. The van der Waals surface area contributed by atoms with E-state index in [0.717, 1.165) is 13.0 Å². The van der Waals surface area contributed by atoms with Crippen LogP contribution < -0.4 is 0 Å². The lowest BCUT2D eigenvalue weighted by Gasteiger charge is -2.53. The van der Waals surface area contributed by atoms with Crippen LogP contribution in [0.25, 0.3) is 0 Å². The maximum Gasteiger partial charge on any atom is 0.116 e. The molecular formula is C19H31NO2. The van der Waals surface area contributed by atoms with Gasteiger partial charge in [0.15, 0.2) is 0 Å². The molecule has 1 aliphatic heterocycles. The van der Waals surface area contributed by atoms with Crippen LogP contribution in [0.1, 0.15) is 46.6 Å². The number of piperidine rings is 1. The molecule has 1 saturated heterocycles. The van der Waals surface area contributed by atoms with Gasteiger partial charge < -0.3 is 9.47 Å². The number of ether oxygens (including phenoxy) is 2. The number of rotatable bonds is 4. The summed E-state index contributed by atoms with van der Waals surface area (Å²) in [7, 11) is 1.81. The first-order chi connectivity index (χ1) is 10.2. The molecule has 0 aliphatic carbocycles. The van der Waals surface area contributed by atoms with Crippen molar-refractivity contribution in [3.63, 3.8) is 0 Å². The van der Waals surface area contributed by atoms with Gasteiger partial charge in [-0.15, -0.1) is 0 Å². The van der Waals surface area contributed by atoms with Crippen LogP contribution in [-0.2, 0) is 16.1 Å². The zero-order chi connectivity index (χ0) is 16.4. The lowest BCUT2D eigenvalue weighted by molar-refractivity contribution is -0.206. The molecule has 1 aromatic carbocycles. The number of hydrogen-bond acceptors (Lipinski definition) is 3. The maximum absolute atomic E-state index is 6.39. The summed E-state index contributed by atoms with van der Waals surface area (Å²) in [6, 6.07) is 10.4. The highest BCUT2D eigenvalue weighted by molar-refractivity contribution is 5.13. The molecule has 0 saturated carbocycles. The quantitative estimate of drug-likeness (QED) is 0.837. The van der Waals surface area contributed by atoms with Crippen molar-refractivity contribution in [2.45, 2.75) is 65.5 Å². The van der Waals surface area contributed by atoms with Crippen LogP contribution in [0.5, 0.6) is 0 Å². The van der Waals surface area contributed by atoms with E-state index >= 15 is 0 Å². The molecule has 22 heavy (non-hydrogen) atoms. The first-order valence-corrected chi connectivity index (χ1v) is 8.19. The third-order valence-corrected chi connectivity index (χ3v) is 4.55. The van der Waals surface area contributed by atoms with Gasteiger partial charge in [-0.1, -0.05) is 44.2 Å². The summed E-state index contributed by atoms with van der Waals surface area (Å²) >= 11 is 0. The van der Waals surface area contributed by atoms with E-state index in [9.17, 15) is 0 Å². The van der Waals surface area contributed by atoms with Gasteiger partial charge >= 0.3 is 0 Å². The minimum absolute atomic E-state index is 0.0514. The standard InChI is InChI=1S/C19H31NO2/c1-18(2,3)20-13-16(21-6)12-19(4,5)17(20)22-14-15-10-8-7-9-11-15/h7-11,16-17H,12-14H2,1-6H3/t16-,17-/m0/s1. The summed E-state index contributed by atoms with van der Waals surface area (Å²) < 4.78 is 12.1. The topological polar surface area (TPSA) is 21.7 Å². The van der Waals surface area contributed by atoms with Crippen molar-refractivity contribution in [2.24, 2.45) is 5.41 Å². The molecule has 0 aromatic heterocycles. The Labute approximate surface area is 135 Å².